The van der Waals surface area contributed by atoms with Gasteiger partial charge in [0.25, 0.3) is 5.91 Å². The highest BCUT2D eigenvalue weighted by Crippen LogP contribution is 2.49. The molecular weight excluding hydrogens is 467 g/mol. The predicted molar refractivity (Wildman–Crippen MR) is 140 cm³/mol. The van der Waals surface area contributed by atoms with Gasteiger partial charge in [0.15, 0.2) is 0 Å². The van der Waals surface area contributed by atoms with E-state index in [9.17, 15) is 9.90 Å². The lowest BCUT2D eigenvalue weighted by Gasteiger charge is -2.47. The fourth-order valence-corrected chi connectivity index (χ4v) is 6.10. The van der Waals surface area contributed by atoms with Crippen LogP contribution in [0.1, 0.15) is 75.6 Å². The molecule has 1 aliphatic carbocycles. The van der Waals surface area contributed by atoms with Crippen LogP contribution in [0.25, 0.3) is 0 Å². The lowest BCUT2D eigenvalue weighted by molar-refractivity contribution is -0.134. The smallest absolute Gasteiger partial charge is 0.275 e. The summed E-state index contributed by atoms with van der Waals surface area (Å²) in [6.07, 6.45) is 4.05. The van der Waals surface area contributed by atoms with E-state index in [4.69, 9.17) is 28.2 Å². The number of hydrogen-bond acceptors (Lipinski definition) is 3. The van der Waals surface area contributed by atoms with Crippen LogP contribution in [0, 0.1) is 18.3 Å². The van der Waals surface area contributed by atoms with Crippen LogP contribution in [-0.4, -0.2) is 33.9 Å². The number of aryl methyl sites for hydroxylation is 1. The zero-order chi connectivity index (χ0) is 24.7. The number of benzene rings is 2. The molecule has 1 heterocycles. The minimum absolute atomic E-state index is 0.0126. The van der Waals surface area contributed by atoms with Crippen molar-refractivity contribution in [2.75, 3.05) is 6.61 Å². The molecule has 1 unspecified atom stereocenters. The maximum absolute atomic E-state index is 14.1. The minimum atomic E-state index is -0.631. The van der Waals surface area contributed by atoms with Crippen molar-refractivity contribution in [3.8, 4) is 0 Å². The van der Waals surface area contributed by atoms with Gasteiger partial charge in [-0.05, 0) is 74.1 Å². The second-order valence-electron chi connectivity index (χ2n) is 10.9. The van der Waals surface area contributed by atoms with Gasteiger partial charge in [-0.3, -0.25) is 9.79 Å². The topological polar surface area (TPSA) is 52.9 Å². The highest BCUT2D eigenvalue weighted by atomic mass is 35.5. The first-order chi connectivity index (χ1) is 16.0. The van der Waals surface area contributed by atoms with Gasteiger partial charge >= 0.3 is 0 Å². The lowest BCUT2D eigenvalue weighted by atomic mass is 9.69. The molecule has 0 radical (unpaired) electrons. The molecule has 2 aliphatic rings. The number of halogens is 2. The summed E-state index contributed by atoms with van der Waals surface area (Å²) in [5.74, 6) is 0.456. The first kappa shape index (κ1) is 25.2. The van der Waals surface area contributed by atoms with Crippen LogP contribution in [0.3, 0.4) is 0 Å². The highest BCUT2D eigenvalue weighted by molar-refractivity contribution is 6.47. The maximum Gasteiger partial charge on any atom is 0.275 e. The third-order valence-corrected chi connectivity index (χ3v) is 7.95. The Labute approximate surface area is 213 Å². The van der Waals surface area contributed by atoms with E-state index in [1.54, 1.807) is 18.2 Å². The van der Waals surface area contributed by atoms with Crippen LogP contribution in [0.5, 0.6) is 0 Å². The summed E-state index contributed by atoms with van der Waals surface area (Å²) in [5.41, 5.74) is 2.82. The molecule has 0 saturated heterocycles. The third-order valence-electron chi connectivity index (χ3n) is 7.51. The molecule has 34 heavy (non-hydrogen) atoms. The number of rotatable bonds is 5. The number of carbonyl (C=O) groups excluding carboxylic acids is 1. The molecule has 1 atom stereocenters. The monoisotopic (exact) mass is 500 g/mol. The molecule has 0 aromatic heterocycles. The summed E-state index contributed by atoms with van der Waals surface area (Å²) >= 11 is 12.6. The second kappa shape index (κ2) is 9.64. The minimum Gasteiger partial charge on any atom is -0.396 e. The standard InChI is InChI=1S/C28H34Cl2N2O2/c1-18-5-7-19(8-6-18)24(11-14-33)32-26(34)25(20-15-22(29)17-23(30)16-20)31-28(32)12-9-21(10-13-28)27(2,3)4/h5-8,15-17,21,24,33H,9-14H2,1-4H3. The Morgan fingerprint density at radius 2 is 1.68 bits per heavy atom. The van der Waals surface area contributed by atoms with Crippen molar-refractivity contribution in [1.82, 2.24) is 4.90 Å². The number of hydrogen-bond donors (Lipinski definition) is 1. The Balaban J connectivity index is 1.80. The van der Waals surface area contributed by atoms with Gasteiger partial charge in [0.05, 0.1) is 6.04 Å². The Bertz CT molecular complexity index is 1060. The van der Waals surface area contributed by atoms with E-state index >= 15 is 0 Å². The van der Waals surface area contributed by atoms with Gasteiger partial charge in [-0.2, -0.15) is 0 Å². The van der Waals surface area contributed by atoms with Crippen LogP contribution in [0.15, 0.2) is 47.5 Å². The molecule has 2 aromatic carbocycles. The number of carbonyl (C=O) groups is 1. The SMILES string of the molecule is Cc1ccc(C(CCO)N2C(=O)C(c3cc(Cl)cc(Cl)c3)=NC23CCC(C(C)(C)C)CC3)cc1. The average molecular weight is 501 g/mol. The summed E-state index contributed by atoms with van der Waals surface area (Å²) in [4.78, 5) is 21.2. The van der Waals surface area contributed by atoms with Gasteiger partial charge in [0.2, 0.25) is 0 Å². The van der Waals surface area contributed by atoms with Crippen molar-refractivity contribution in [2.24, 2.45) is 16.3 Å². The van der Waals surface area contributed by atoms with E-state index in [0.717, 1.165) is 36.8 Å². The molecule has 1 aliphatic heterocycles. The molecule has 4 nitrogen and oxygen atoms in total. The largest absolute Gasteiger partial charge is 0.396 e. The zero-order valence-electron chi connectivity index (χ0n) is 20.4. The van der Waals surface area contributed by atoms with Gasteiger partial charge < -0.3 is 10.0 Å². The Morgan fingerprint density at radius 3 is 2.21 bits per heavy atom. The van der Waals surface area contributed by atoms with Gasteiger partial charge in [-0.15, -0.1) is 0 Å². The molecule has 1 fully saturated rings. The highest BCUT2D eigenvalue weighted by Gasteiger charge is 2.52. The number of aliphatic hydroxyl groups excluding tert-OH is 1. The number of nitrogens with zero attached hydrogens (tertiary/aromatic N) is 2. The van der Waals surface area contributed by atoms with Gasteiger partial charge in [0.1, 0.15) is 11.4 Å². The van der Waals surface area contributed by atoms with Crippen molar-refractivity contribution in [1.29, 1.82) is 0 Å². The van der Waals surface area contributed by atoms with Crippen LogP contribution in [-0.2, 0) is 4.79 Å². The van der Waals surface area contributed by atoms with E-state index in [2.05, 4.69) is 45.0 Å². The molecule has 2 aromatic rings. The second-order valence-corrected chi connectivity index (χ2v) is 11.7. The van der Waals surface area contributed by atoms with Crippen molar-refractivity contribution in [3.63, 3.8) is 0 Å². The van der Waals surface area contributed by atoms with E-state index in [-0.39, 0.29) is 24.0 Å². The van der Waals surface area contributed by atoms with E-state index in [1.165, 1.54) is 0 Å². The Kier molecular flexibility index (Phi) is 7.15. The van der Waals surface area contributed by atoms with E-state index in [0.29, 0.717) is 33.7 Å². The molecule has 0 bridgehead atoms. The maximum atomic E-state index is 14.1. The van der Waals surface area contributed by atoms with Crippen LogP contribution < -0.4 is 0 Å². The number of aliphatic imine (C=N–C) groups is 1. The summed E-state index contributed by atoms with van der Waals surface area (Å²) < 4.78 is 0. The third kappa shape index (κ3) is 4.91. The van der Waals surface area contributed by atoms with Crippen LogP contribution in [0.4, 0.5) is 0 Å². The molecule has 182 valence electrons. The normalized spacial score (nSPS) is 24.0. The van der Waals surface area contributed by atoms with E-state index in [1.807, 2.05) is 11.8 Å². The Hall–Kier alpha value is -1.88. The van der Waals surface area contributed by atoms with Crippen molar-refractivity contribution in [3.05, 3.63) is 69.2 Å². The van der Waals surface area contributed by atoms with Gasteiger partial charge in [-0.25, -0.2) is 0 Å². The predicted octanol–water partition coefficient (Wildman–Crippen LogP) is 6.99. The van der Waals surface area contributed by atoms with Crippen LogP contribution >= 0.6 is 23.2 Å². The zero-order valence-corrected chi connectivity index (χ0v) is 22.0. The van der Waals surface area contributed by atoms with Crippen molar-refractivity contribution >= 4 is 34.8 Å². The summed E-state index contributed by atoms with van der Waals surface area (Å²) in [7, 11) is 0. The van der Waals surface area contributed by atoms with E-state index < -0.39 is 5.66 Å². The molecule has 6 heteroatoms. The molecule has 1 spiro atoms. The van der Waals surface area contributed by atoms with Gasteiger partial charge in [0, 0.05) is 22.2 Å². The lowest BCUT2D eigenvalue weighted by Crippen LogP contribution is -2.51. The van der Waals surface area contributed by atoms with Crippen molar-refractivity contribution in [2.45, 2.75) is 71.5 Å². The molecule has 4 rings (SSSR count). The summed E-state index contributed by atoms with van der Waals surface area (Å²) in [6.45, 7) is 8.90. The molecular formula is C28H34Cl2N2O2. The first-order valence-corrected chi connectivity index (χ1v) is 12.9. The molecule has 1 amide bonds. The fraction of sp³-hybridized carbons (Fsp3) is 0.500. The molecule has 1 N–H and O–H groups in total. The van der Waals surface area contributed by atoms with Crippen LogP contribution in [0.2, 0.25) is 10.0 Å². The Morgan fingerprint density at radius 1 is 1.09 bits per heavy atom. The average Bonchev–Trinajstić information content (AvgIpc) is 3.03. The summed E-state index contributed by atoms with van der Waals surface area (Å²) in [6, 6.07) is 13.2. The number of amides is 1. The number of aliphatic hydroxyl groups is 1. The first-order valence-electron chi connectivity index (χ1n) is 12.1. The summed E-state index contributed by atoms with van der Waals surface area (Å²) in [5, 5.41) is 10.9. The molecule has 1 saturated carbocycles. The fourth-order valence-electron chi connectivity index (χ4n) is 5.58. The van der Waals surface area contributed by atoms with Crippen molar-refractivity contribution < 1.29 is 9.90 Å². The quantitative estimate of drug-likeness (QED) is 0.480. The van der Waals surface area contributed by atoms with Gasteiger partial charge in [-0.1, -0.05) is 73.8 Å².